The summed E-state index contributed by atoms with van der Waals surface area (Å²) in [5, 5.41) is 17.1. The molecule has 1 heterocycles. The Morgan fingerprint density at radius 1 is 0.921 bits per heavy atom. The predicted molar refractivity (Wildman–Crippen MR) is 174 cm³/mol. The first-order valence-electron chi connectivity index (χ1n) is 14.7. The molecule has 3 heteroatoms. The number of aliphatic hydroxyl groups excluding tert-OH is 2. The summed E-state index contributed by atoms with van der Waals surface area (Å²) < 4.78 is 0. The monoisotopic (exact) mass is 527 g/mol. The summed E-state index contributed by atoms with van der Waals surface area (Å²) in [5.74, 6) is 0.600. The van der Waals surface area contributed by atoms with Crippen molar-refractivity contribution in [1.82, 2.24) is 4.90 Å². The molecule has 0 unspecified atom stereocenters. The highest BCUT2D eigenvalue weighted by Gasteiger charge is 2.29. The van der Waals surface area contributed by atoms with Crippen LogP contribution in [0.2, 0.25) is 0 Å². The molecular weight excluding hydrogens is 466 g/mol. The van der Waals surface area contributed by atoms with Crippen LogP contribution in [-0.2, 0) is 0 Å². The Kier molecular flexibility index (Phi) is 29.5. The molecule has 1 saturated heterocycles. The first-order valence-corrected chi connectivity index (χ1v) is 14.7. The highest BCUT2D eigenvalue weighted by molar-refractivity contribution is 5.58. The fraction of sp³-hybridized carbons (Fsp3) is 0.543. The third-order valence-corrected chi connectivity index (χ3v) is 5.63. The summed E-state index contributed by atoms with van der Waals surface area (Å²) in [6.07, 6.45) is 22.8. The summed E-state index contributed by atoms with van der Waals surface area (Å²) in [5.41, 5.74) is 5.64. The van der Waals surface area contributed by atoms with E-state index in [2.05, 4.69) is 87.8 Å². The number of likely N-dealkylation sites (tertiary alicyclic amines) is 1. The van der Waals surface area contributed by atoms with Crippen LogP contribution in [0.1, 0.15) is 89.0 Å². The third kappa shape index (κ3) is 17.3. The van der Waals surface area contributed by atoms with Gasteiger partial charge in [0.1, 0.15) is 0 Å². The van der Waals surface area contributed by atoms with Crippen molar-refractivity contribution in [2.75, 3.05) is 26.3 Å². The summed E-state index contributed by atoms with van der Waals surface area (Å²) in [4.78, 5) is 2.50. The molecule has 0 amide bonds. The normalized spacial score (nSPS) is 15.6. The van der Waals surface area contributed by atoms with Gasteiger partial charge >= 0.3 is 0 Å². The van der Waals surface area contributed by atoms with Gasteiger partial charge < -0.3 is 10.2 Å². The third-order valence-electron chi connectivity index (χ3n) is 5.63. The number of aliphatic hydroxyl groups is 2. The maximum absolute atomic E-state index is 9.24. The van der Waals surface area contributed by atoms with E-state index in [0.29, 0.717) is 18.6 Å². The van der Waals surface area contributed by atoms with Gasteiger partial charge in [0, 0.05) is 31.7 Å². The average molecular weight is 528 g/mol. The Hall–Kier alpha value is -2.20. The standard InChI is InChI=1S/C28H41NO.C3H8O.2C2H6/c1-8-13-24(14-9-2)19-28(26(11-4)15-12-18-30)23(7)16-17-25(10-3)27-20-29(21-27)22(5)6;1-2-3-4;2*1-2/h8,10-17,19,22,27,30H,7,9,18,20-21H2,1-6H3;4H,2-3H2,1H3;2*1-2H3/b13-8-,15-12-,17-16-,24-14+,25-10+,26-11+,28-19+;;;. The van der Waals surface area contributed by atoms with Gasteiger partial charge in [0.05, 0.1) is 6.61 Å². The zero-order chi connectivity index (χ0) is 29.9. The molecule has 1 aliphatic rings. The average Bonchev–Trinajstić information content (AvgIpc) is 2.91. The second-order valence-corrected chi connectivity index (χ2v) is 8.61. The van der Waals surface area contributed by atoms with Gasteiger partial charge in [0.2, 0.25) is 0 Å². The zero-order valence-corrected chi connectivity index (χ0v) is 26.7. The molecule has 0 aliphatic carbocycles. The van der Waals surface area contributed by atoms with E-state index in [1.54, 1.807) is 6.08 Å². The van der Waals surface area contributed by atoms with Crippen molar-refractivity contribution in [3.63, 3.8) is 0 Å². The zero-order valence-electron chi connectivity index (χ0n) is 26.7. The molecule has 3 nitrogen and oxygen atoms in total. The van der Waals surface area contributed by atoms with Crippen molar-refractivity contribution < 1.29 is 10.2 Å². The van der Waals surface area contributed by atoms with Crippen LogP contribution in [0.5, 0.6) is 0 Å². The maximum atomic E-state index is 9.24. The molecule has 1 aliphatic heterocycles. The van der Waals surface area contributed by atoms with E-state index in [4.69, 9.17) is 5.11 Å². The number of nitrogens with zero attached hydrogens (tertiary/aromatic N) is 1. The van der Waals surface area contributed by atoms with Crippen LogP contribution in [0.4, 0.5) is 0 Å². The minimum absolute atomic E-state index is 0.0240. The molecule has 0 saturated carbocycles. The van der Waals surface area contributed by atoms with Crippen LogP contribution >= 0.6 is 0 Å². The topological polar surface area (TPSA) is 43.7 Å². The second kappa shape index (κ2) is 27.8. The molecule has 0 aromatic carbocycles. The van der Waals surface area contributed by atoms with Crippen LogP contribution in [-0.4, -0.2) is 47.5 Å². The minimum Gasteiger partial charge on any atom is -0.396 e. The Bertz CT molecular complexity index is 796. The molecule has 1 fully saturated rings. The van der Waals surface area contributed by atoms with Gasteiger partial charge in [-0.25, -0.2) is 0 Å². The van der Waals surface area contributed by atoms with Crippen molar-refractivity contribution in [2.45, 2.75) is 95.0 Å². The summed E-state index contributed by atoms with van der Waals surface area (Å²) in [6, 6.07) is 0.610. The molecule has 2 N–H and O–H groups in total. The SMILES string of the molecule is C=C(/C=C\C(=C/C)C1CN(C(C)C)C1)C(=C\C(\C=C/C)=C\CC)/C(/C=C\CO)=C/C.CC.CC.CCCO. The number of hydrogen-bond donors (Lipinski definition) is 2. The van der Waals surface area contributed by atoms with Crippen molar-refractivity contribution in [1.29, 1.82) is 0 Å². The van der Waals surface area contributed by atoms with Crippen LogP contribution in [0, 0.1) is 5.92 Å². The number of rotatable bonds is 12. The van der Waals surface area contributed by atoms with Gasteiger partial charge in [0.25, 0.3) is 0 Å². The van der Waals surface area contributed by atoms with Gasteiger partial charge in [-0.3, -0.25) is 4.90 Å². The van der Waals surface area contributed by atoms with E-state index in [-0.39, 0.29) is 6.61 Å². The largest absolute Gasteiger partial charge is 0.396 e. The molecule has 0 atom stereocenters. The molecule has 0 aromatic heterocycles. The molecule has 0 radical (unpaired) electrons. The van der Waals surface area contributed by atoms with Crippen LogP contribution in [0.3, 0.4) is 0 Å². The lowest BCUT2D eigenvalue weighted by atomic mass is 9.88. The first kappa shape index (κ1) is 40.3. The fourth-order valence-electron chi connectivity index (χ4n) is 3.55. The Morgan fingerprint density at radius 2 is 1.50 bits per heavy atom. The Labute approximate surface area is 237 Å². The molecule has 218 valence electrons. The molecule has 1 rings (SSSR count). The summed E-state index contributed by atoms with van der Waals surface area (Å²) in [7, 11) is 0. The van der Waals surface area contributed by atoms with E-state index in [1.807, 2.05) is 54.5 Å². The molecule has 38 heavy (non-hydrogen) atoms. The highest BCUT2D eigenvalue weighted by Crippen LogP contribution is 2.28. The van der Waals surface area contributed by atoms with Crippen molar-refractivity contribution in [3.8, 4) is 0 Å². The Morgan fingerprint density at radius 3 is 1.89 bits per heavy atom. The van der Waals surface area contributed by atoms with Crippen molar-refractivity contribution >= 4 is 0 Å². The molecule has 0 aromatic rings. The van der Waals surface area contributed by atoms with E-state index < -0.39 is 0 Å². The lowest BCUT2D eigenvalue weighted by Crippen LogP contribution is -2.50. The van der Waals surface area contributed by atoms with E-state index in [9.17, 15) is 5.11 Å². The molecular formula is C35H61NO2. The molecule has 0 spiro atoms. The van der Waals surface area contributed by atoms with Gasteiger partial charge in [0.15, 0.2) is 0 Å². The quantitative estimate of drug-likeness (QED) is 0.249. The van der Waals surface area contributed by atoms with Gasteiger partial charge in [-0.05, 0) is 81.4 Å². The summed E-state index contributed by atoms with van der Waals surface area (Å²) in [6.45, 7) is 29.7. The molecule has 0 bridgehead atoms. The van der Waals surface area contributed by atoms with Crippen molar-refractivity contribution in [3.05, 3.63) is 95.2 Å². The van der Waals surface area contributed by atoms with Gasteiger partial charge in [-0.15, -0.1) is 0 Å². The van der Waals surface area contributed by atoms with E-state index in [0.717, 1.165) is 42.7 Å². The van der Waals surface area contributed by atoms with Crippen LogP contribution < -0.4 is 0 Å². The smallest absolute Gasteiger partial charge is 0.0615 e. The first-order chi connectivity index (χ1) is 18.3. The minimum atomic E-state index is 0.0240. The predicted octanol–water partition coefficient (Wildman–Crippen LogP) is 9.16. The van der Waals surface area contributed by atoms with Gasteiger partial charge in [-0.1, -0.05) is 103 Å². The Balaban J connectivity index is -0.00000136. The lowest BCUT2D eigenvalue weighted by molar-refractivity contribution is 0.0897. The van der Waals surface area contributed by atoms with E-state index in [1.165, 1.54) is 11.1 Å². The van der Waals surface area contributed by atoms with Crippen molar-refractivity contribution in [2.24, 2.45) is 5.92 Å². The highest BCUT2D eigenvalue weighted by atomic mass is 16.3. The van der Waals surface area contributed by atoms with Gasteiger partial charge in [-0.2, -0.15) is 0 Å². The van der Waals surface area contributed by atoms with Crippen LogP contribution in [0.15, 0.2) is 95.2 Å². The fourth-order valence-corrected chi connectivity index (χ4v) is 3.55. The van der Waals surface area contributed by atoms with E-state index >= 15 is 0 Å². The summed E-state index contributed by atoms with van der Waals surface area (Å²) >= 11 is 0. The van der Waals surface area contributed by atoms with Crippen LogP contribution in [0.25, 0.3) is 0 Å². The lowest BCUT2D eigenvalue weighted by Gasteiger charge is -2.42. The maximum Gasteiger partial charge on any atom is 0.0615 e. The second-order valence-electron chi connectivity index (χ2n) is 8.61. The number of allylic oxidation sites excluding steroid dienone is 13. The number of hydrogen-bond acceptors (Lipinski definition) is 3.